The number of benzene rings is 2. The van der Waals surface area contributed by atoms with E-state index in [2.05, 4.69) is 5.32 Å². The van der Waals surface area contributed by atoms with Crippen LogP contribution < -0.4 is 11.1 Å². The minimum atomic E-state index is -4.35. The van der Waals surface area contributed by atoms with Crippen molar-refractivity contribution in [1.82, 2.24) is 5.32 Å². The molecule has 2 unspecified atom stereocenters. The Hall–Kier alpha value is -2.21. The van der Waals surface area contributed by atoms with Crippen molar-refractivity contribution in [3.05, 3.63) is 64.7 Å². The Morgan fingerprint density at radius 2 is 1.89 bits per heavy atom. The van der Waals surface area contributed by atoms with Crippen LogP contribution in [0.2, 0.25) is 0 Å². The lowest BCUT2D eigenvalue weighted by Crippen LogP contribution is -2.35. The van der Waals surface area contributed by atoms with E-state index >= 15 is 0 Å². The first-order chi connectivity index (χ1) is 12.7. The van der Waals surface area contributed by atoms with Crippen molar-refractivity contribution < 1.29 is 18.0 Å². The van der Waals surface area contributed by atoms with Crippen LogP contribution in [0, 0.1) is 5.92 Å². The third kappa shape index (κ3) is 5.19. The molecule has 0 aliphatic heterocycles. The number of nitrogens with one attached hydrogen (secondary N) is 1. The van der Waals surface area contributed by atoms with E-state index in [1.807, 2.05) is 18.2 Å². The maximum Gasteiger partial charge on any atom is 0.416 e. The Kier molecular flexibility index (Phi) is 6.99. The molecule has 2 atom stereocenters. The second-order valence-electron chi connectivity index (χ2n) is 7.21. The van der Waals surface area contributed by atoms with Crippen LogP contribution in [0.4, 0.5) is 18.9 Å². The first-order valence-electron chi connectivity index (χ1n) is 9.09. The zero-order chi connectivity index (χ0) is 19.6. The molecule has 1 aliphatic rings. The van der Waals surface area contributed by atoms with E-state index < -0.39 is 11.7 Å². The second kappa shape index (κ2) is 8.86. The van der Waals surface area contributed by atoms with Gasteiger partial charge in [0.15, 0.2) is 0 Å². The fourth-order valence-corrected chi connectivity index (χ4v) is 3.57. The summed E-state index contributed by atoms with van der Waals surface area (Å²) in [5.74, 6) is -0.425. The molecule has 152 valence electrons. The highest BCUT2D eigenvalue weighted by Gasteiger charge is 2.30. The number of carbonyl (C=O) groups is 1. The molecule has 2 aromatic carbocycles. The lowest BCUT2D eigenvalue weighted by atomic mass is 9.87. The quantitative estimate of drug-likeness (QED) is 0.688. The van der Waals surface area contributed by atoms with Crippen molar-refractivity contribution in [3.63, 3.8) is 0 Å². The minimum absolute atomic E-state index is 0. The summed E-state index contributed by atoms with van der Waals surface area (Å²) in [7, 11) is 0. The smallest absolute Gasteiger partial charge is 0.399 e. The Morgan fingerprint density at radius 1 is 1.21 bits per heavy atom. The Balaban J connectivity index is 0.00000280. The Bertz CT molecular complexity index is 821. The van der Waals surface area contributed by atoms with Crippen LogP contribution in [0.3, 0.4) is 0 Å². The third-order valence-corrected chi connectivity index (χ3v) is 5.07. The standard InChI is InChI=1S/C21H23F3N2O.ClH/c1-13(11-14-5-7-16(8-6-14)21(22,23)24)20(27)26-19-4-2-3-15-12-17(25)9-10-18(15)19;/h5-10,12-13,19H,2-4,11,25H2,1H3,(H,26,27);1H. The third-order valence-electron chi connectivity index (χ3n) is 5.07. The zero-order valence-corrected chi connectivity index (χ0v) is 16.4. The molecule has 28 heavy (non-hydrogen) atoms. The summed E-state index contributed by atoms with van der Waals surface area (Å²) in [6, 6.07) is 10.7. The average molecular weight is 413 g/mol. The van der Waals surface area contributed by atoms with Gasteiger partial charge in [0.05, 0.1) is 11.6 Å². The number of rotatable bonds is 4. The van der Waals surface area contributed by atoms with Crippen LogP contribution in [-0.2, 0) is 23.8 Å². The molecular weight excluding hydrogens is 389 g/mol. The largest absolute Gasteiger partial charge is 0.416 e. The van der Waals surface area contributed by atoms with E-state index in [0.717, 1.165) is 42.6 Å². The highest BCUT2D eigenvalue weighted by molar-refractivity contribution is 5.85. The van der Waals surface area contributed by atoms with E-state index in [4.69, 9.17) is 5.73 Å². The lowest BCUT2D eigenvalue weighted by Gasteiger charge is -2.28. The van der Waals surface area contributed by atoms with Crippen LogP contribution in [0.25, 0.3) is 0 Å². The number of carbonyl (C=O) groups excluding carboxylic acids is 1. The van der Waals surface area contributed by atoms with Crippen LogP contribution >= 0.6 is 12.4 Å². The van der Waals surface area contributed by atoms with Gasteiger partial charge in [0, 0.05) is 11.6 Å². The van der Waals surface area contributed by atoms with Gasteiger partial charge < -0.3 is 11.1 Å². The number of fused-ring (bicyclic) bond motifs is 1. The Morgan fingerprint density at radius 3 is 2.54 bits per heavy atom. The van der Waals surface area contributed by atoms with Crippen molar-refractivity contribution in [3.8, 4) is 0 Å². The molecular formula is C21H24ClF3N2O. The maximum atomic E-state index is 12.6. The number of amides is 1. The second-order valence-corrected chi connectivity index (χ2v) is 7.21. The number of halogens is 4. The molecule has 0 saturated carbocycles. The minimum Gasteiger partial charge on any atom is -0.399 e. The number of hydrogen-bond acceptors (Lipinski definition) is 2. The Labute approximate surface area is 168 Å². The monoisotopic (exact) mass is 412 g/mol. The molecule has 0 aromatic heterocycles. The molecule has 2 aromatic rings. The highest BCUT2D eigenvalue weighted by atomic mass is 35.5. The van der Waals surface area contributed by atoms with Gasteiger partial charge in [0.2, 0.25) is 5.91 Å². The normalized spacial score (nSPS) is 17.2. The van der Waals surface area contributed by atoms with Crippen molar-refractivity contribution in [2.75, 3.05) is 5.73 Å². The molecule has 0 heterocycles. The van der Waals surface area contributed by atoms with Gasteiger partial charge in [-0.05, 0) is 66.6 Å². The lowest BCUT2D eigenvalue weighted by molar-refractivity contribution is -0.137. The molecule has 3 rings (SSSR count). The number of nitrogens with two attached hydrogens (primary N) is 1. The van der Waals surface area contributed by atoms with E-state index in [0.29, 0.717) is 12.0 Å². The number of aryl methyl sites for hydroxylation is 1. The number of alkyl halides is 3. The van der Waals surface area contributed by atoms with Crippen molar-refractivity contribution in [2.24, 2.45) is 5.92 Å². The summed E-state index contributed by atoms with van der Waals surface area (Å²) in [4.78, 5) is 12.6. The molecule has 0 bridgehead atoms. The fraction of sp³-hybridized carbons (Fsp3) is 0.381. The van der Waals surface area contributed by atoms with Gasteiger partial charge in [-0.1, -0.05) is 25.1 Å². The van der Waals surface area contributed by atoms with E-state index in [1.54, 1.807) is 6.92 Å². The van der Waals surface area contributed by atoms with Crippen molar-refractivity contribution >= 4 is 24.0 Å². The predicted molar refractivity (Wildman–Crippen MR) is 106 cm³/mol. The average Bonchev–Trinajstić information content (AvgIpc) is 2.61. The first-order valence-corrected chi connectivity index (χ1v) is 9.09. The van der Waals surface area contributed by atoms with Gasteiger partial charge in [-0.15, -0.1) is 12.4 Å². The molecule has 0 radical (unpaired) electrons. The summed E-state index contributed by atoms with van der Waals surface area (Å²) >= 11 is 0. The molecule has 1 aliphatic carbocycles. The summed E-state index contributed by atoms with van der Waals surface area (Å²) in [6.07, 6.45) is -1.15. The topological polar surface area (TPSA) is 55.1 Å². The van der Waals surface area contributed by atoms with Gasteiger partial charge in [-0.3, -0.25) is 4.79 Å². The summed E-state index contributed by atoms with van der Waals surface area (Å²) < 4.78 is 37.9. The van der Waals surface area contributed by atoms with Gasteiger partial charge in [0.25, 0.3) is 0 Å². The molecule has 3 nitrogen and oxygen atoms in total. The van der Waals surface area contributed by atoms with Crippen molar-refractivity contribution in [1.29, 1.82) is 0 Å². The molecule has 1 amide bonds. The van der Waals surface area contributed by atoms with Gasteiger partial charge in [0.1, 0.15) is 0 Å². The molecule has 0 saturated heterocycles. The summed E-state index contributed by atoms with van der Waals surface area (Å²) in [5, 5.41) is 3.09. The highest BCUT2D eigenvalue weighted by Crippen LogP contribution is 2.32. The SMILES string of the molecule is CC(Cc1ccc(C(F)(F)F)cc1)C(=O)NC1CCCc2cc(N)ccc21.Cl. The number of hydrogen-bond donors (Lipinski definition) is 2. The molecule has 0 fully saturated rings. The fourth-order valence-electron chi connectivity index (χ4n) is 3.57. The van der Waals surface area contributed by atoms with E-state index in [9.17, 15) is 18.0 Å². The first kappa shape index (κ1) is 22.1. The predicted octanol–water partition coefficient (Wildman–Crippen LogP) is 5.08. The summed E-state index contributed by atoms with van der Waals surface area (Å²) in [5.41, 5.74) is 8.86. The van der Waals surface area contributed by atoms with Crippen LogP contribution in [0.1, 0.15) is 48.1 Å². The molecule has 3 N–H and O–H groups in total. The van der Waals surface area contributed by atoms with Crippen LogP contribution in [0.15, 0.2) is 42.5 Å². The van der Waals surface area contributed by atoms with E-state index in [1.165, 1.54) is 17.7 Å². The molecule has 7 heteroatoms. The van der Waals surface area contributed by atoms with Crippen LogP contribution in [-0.4, -0.2) is 5.91 Å². The van der Waals surface area contributed by atoms with E-state index in [-0.39, 0.29) is 30.3 Å². The number of anilines is 1. The summed E-state index contributed by atoms with van der Waals surface area (Å²) in [6.45, 7) is 1.79. The molecule has 0 spiro atoms. The van der Waals surface area contributed by atoms with Crippen molar-refractivity contribution in [2.45, 2.75) is 44.8 Å². The maximum absolute atomic E-state index is 12.6. The van der Waals surface area contributed by atoms with Gasteiger partial charge in [-0.25, -0.2) is 0 Å². The number of nitrogen functional groups attached to an aromatic ring is 1. The zero-order valence-electron chi connectivity index (χ0n) is 15.6. The van der Waals surface area contributed by atoms with Gasteiger partial charge >= 0.3 is 6.18 Å². The van der Waals surface area contributed by atoms with Crippen LogP contribution in [0.5, 0.6) is 0 Å². The van der Waals surface area contributed by atoms with Gasteiger partial charge in [-0.2, -0.15) is 13.2 Å².